The van der Waals surface area contributed by atoms with Crippen molar-refractivity contribution in [1.82, 2.24) is 10.6 Å². The number of carboxylic acid groups (broad SMARTS) is 2. The summed E-state index contributed by atoms with van der Waals surface area (Å²) < 4.78 is 0. The van der Waals surface area contributed by atoms with Gasteiger partial charge in [0, 0.05) is 12.2 Å². The van der Waals surface area contributed by atoms with E-state index in [1.54, 1.807) is 6.07 Å². The van der Waals surface area contributed by atoms with Crippen LogP contribution in [0.5, 0.6) is 11.5 Å². The average molecular weight is 594 g/mol. The van der Waals surface area contributed by atoms with Crippen LogP contribution in [0.2, 0.25) is 0 Å². The molecule has 13 heteroatoms. The number of nitrogens with two attached hydrogens (primary N) is 1. The van der Waals surface area contributed by atoms with Gasteiger partial charge in [0.05, 0.1) is 11.0 Å². The molecule has 41 heavy (non-hydrogen) atoms. The number of aliphatic hydroxyl groups excluding tert-OH is 1. The van der Waals surface area contributed by atoms with Gasteiger partial charge >= 0.3 is 11.9 Å². The maximum atomic E-state index is 12.9. The van der Waals surface area contributed by atoms with Crippen molar-refractivity contribution < 1.29 is 44.7 Å². The number of aryl methyl sites for hydroxylation is 1. The van der Waals surface area contributed by atoms with Crippen molar-refractivity contribution in [1.29, 1.82) is 0 Å². The third kappa shape index (κ3) is 6.41. The molecule has 0 saturated heterocycles. The lowest BCUT2D eigenvalue weighted by atomic mass is 9.55. The predicted octanol–water partition coefficient (Wildman–Crippen LogP) is 1.28. The largest absolute Gasteiger partial charge is 0.504 e. The van der Waals surface area contributed by atoms with Gasteiger partial charge in [0.15, 0.2) is 11.5 Å². The predicted molar refractivity (Wildman–Crippen MR) is 149 cm³/mol. The number of hydrogen-bond acceptors (Lipinski definition) is 9. The van der Waals surface area contributed by atoms with Gasteiger partial charge in [0.25, 0.3) is 0 Å². The molecule has 1 aromatic carbocycles. The standard InChI is InChI=1S/C28H39N3O9S/c1-28-9-8-15-14(16(28)4-6-20(28)33)3-2-13-10-19(32)24(37)25(23(13)15)41-12-18(26(38)30-11-22(35)36)31-21(34)7-5-17(29)27(39)40/h10,14-18,20,32-33,37H,2-9,11-12,29H2,1H3,(H,30,38)(H,31,34)(H,35,36)(H,39,40)/t14-,15+,16+,17+,18+,20+,28+/m1/s1. The van der Waals surface area contributed by atoms with Crippen LogP contribution >= 0.6 is 11.8 Å². The van der Waals surface area contributed by atoms with Crippen molar-refractivity contribution in [3.8, 4) is 11.5 Å². The summed E-state index contributed by atoms with van der Waals surface area (Å²) in [6.45, 7) is 1.50. The maximum Gasteiger partial charge on any atom is 0.322 e. The van der Waals surface area contributed by atoms with Gasteiger partial charge < -0.3 is 41.9 Å². The summed E-state index contributed by atoms with van der Waals surface area (Å²) in [6.07, 6.45) is 4.20. The highest BCUT2D eigenvalue weighted by atomic mass is 32.2. The molecule has 0 heterocycles. The molecule has 12 nitrogen and oxygen atoms in total. The smallest absolute Gasteiger partial charge is 0.322 e. The van der Waals surface area contributed by atoms with E-state index in [4.69, 9.17) is 15.9 Å². The molecule has 2 saturated carbocycles. The average Bonchev–Trinajstić information content (AvgIpc) is 3.23. The second-order valence-electron chi connectivity index (χ2n) is 11.7. The lowest BCUT2D eigenvalue weighted by Crippen LogP contribution is -2.49. The van der Waals surface area contributed by atoms with E-state index in [0.29, 0.717) is 23.2 Å². The van der Waals surface area contributed by atoms with Crippen LogP contribution in [0.15, 0.2) is 11.0 Å². The van der Waals surface area contributed by atoms with Crippen molar-refractivity contribution in [2.24, 2.45) is 23.0 Å². The molecule has 1 aromatic rings. The molecule has 9 N–H and O–H groups in total. The molecule has 0 spiro atoms. The van der Waals surface area contributed by atoms with Crippen molar-refractivity contribution in [2.45, 2.75) is 87.3 Å². The molecule has 7 atom stereocenters. The highest BCUT2D eigenvalue weighted by molar-refractivity contribution is 7.99. The van der Waals surface area contributed by atoms with E-state index in [2.05, 4.69) is 17.6 Å². The van der Waals surface area contributed by atoms with Crippen LogP contribution in [0, 0.1) is 17.3 Å². The summed E-state index contributed by atoms with van der Waals surface area (Å²) >= 11 is 1.10. The van der Waals surface area contributed by atoms with Crippen molar-refractivity contribution in [3.05, 3.63) is 17.2 Å². The van der Waals surface area contributed by atoms with E-state index in [0.717, 1.165) is 55.0 Å². The first-order valence-electron chi connectivity index (χ1n) is 14.0. The van der Waals surface area contributed by atoms with Crippen molar-refractivity contribution in [2.75, 3.05) is 12.3 Å². The minimum atomic E-state index is -1.27. The van der Waals surface area contributed by atoms with E-state index in [9.17, 15) is 34.5 Å². The van der Waals surface area contributed by atoms with Crippen LogP contribution in [-0.2, 0) is 25.6 Å². The molecule has 0 bridgehead atoms. The first kappa shape index (κ1) is 30.9. The van der Waals surface area contributed by atoms with E-state index >= 15 is 0 Å². The Hall–Kier alpha value is -3.03. The van der Waals surface area contributed by atoms with Gasteiger partial charge in [0.1, 0.15) is 18.6 Å². The molecule has 0 aromatic heterocycles. The third-order valence-corrected chi connectivity index (χ3v) is 10.5. The number of carbonyl (C=O) groups excluding carboxylic acids is 2. The number of aromatic hydroxyl groups is 2. The highest BCUT2D eigenvalue weighted by Crippen LogP contribution is 2.62. The lowest BCUT2D eigenvalue weighted by Gasteiger charge is -2.50. The van der Waals surface area contributed by atoms with Crippen LogP contribution in [0.3, 0.4) is 0 Å². The fourth-order valence-electron chi connectivity index (χ4n) is 7.12. The second-order valence-corrected chi connectivity index (χ2v) is 12.8. The Labute approximate surface area is 242 Å². The third-order valence-electron chi connectivity index (χ3n) is 9.32. The number of phenolic OH excluding ortho intramolecular Hbond substituents is 2. The number of aliphatic hydroxyl groups is 1. The number of hydrogen-bond donors (Lipinski definition) is 8. The molecule has 0 unspecified atom stereocenters. The van der Waals surface area contributed by atoms with Crippen LogP contribution in [-0.4, -0.2) is 79.8 Å². The molecular formula is C28H39N3O9S. The quantitative estimate of drug-likeness (QED) is 0.135. The summed E-state index contributed by atoms with van der Waals surface area (Å²) in [7, 11) is 0. The Balaban J connectivity index is 1.57. The van der Waals surface area contributed by atoms with Crippen LogP contribution in [0.4, 0.5) is 0 Å². The molecular weight excluding hydrogens is 554 g/mol. The molecule has 3 aliphatic rings. The van der Waals surface area contributed by atoms with E-state index < -0.39 is 42.4 Å². The van der Waals surface area contributed by atoms with Crippen LogP contribution in [0.25, 0.3) is 0 Å². The van der Waals surface area contributed by atoms with Gasteiger partial charge in [-0.1, -0.05) is 6.92 Å². The Bertz CT molecular complexity index is 1210. The SMILES string of the molecule is C[C@]12CC[C@@H]3c4c(cc(O)c(O)c4SC[C@H](NC(=O)CC[C@H](N)C(=O)O)C(=O)NCC(=O)O)CC[C@H]3[C@@H]1CC[C@@H]2O. The fraction of sp³-hybridized carbons (Fsp3) is 0.643. The normalized spacial score (nSPS) is 28.0. The number of aliphatic carboxylic acids is 2. The summed E-state index contributed by atoms with van der Waals surface area (Å²) in [6, 6.07) is -0.868. The number of carboxylic acids is 2. The van der Waals surface area contributed by atoms with E-state index in [-0.39, 0.29) is 47.5 Å². The number of nitrogens with one attached hydrogen (secondary N) is 2. The molecule has 4 rings (SSSR count). The number of thioether (sulfide) groups is 1. The van der Waals surface area contributed by atoms with Gasteiger partial charge in [-0.05, 0) is 85.3 Å². The first-order chi connectivity index (χ1) is 19.3. The second kappa shape index (κ2) is 12.5. The lowest BCUT2D eigenvalue weighted by molar-refractivity contribution is -0.139. The number of carbonyl (C=O) groups is 4. The monoisotopic (exact) mass is 593 g/mol. The zero-order valence-electron chi connectivity index (χ0n) is 23.0. The summed E-state index contributed by atoms with van der Waals surface area (Å²) in [5.74, 6) is -3.85. The summed E-state index contributed by atoms with van der Waals surface area (Å²) in [5.41, 5.74) is 7.17. The van der Waals surface area contributed by atoms with E-state index in [1.807, 2.05) is 0 Å². The summed E-state index contributed by atoms with van der Waals surface area (Å²) in [5, 5.41) is 55.0. The van der Waals surface area contributed by atoms with Gasteiger partial charge in [-0.25, -0.2) is 0 Å². The van der Waals surface area contributed by atoms with Gasteiger partial charge in [0.2, 0.25) is 11.8 Å². The number of rotatable bonds is 11. The number of fused-ring (bicyclic) bond motifs is 5. The Morgan fingerprint density at radius 2 is 1.88 bits per heavy atom. The number of phenols is 2. The number of amides is 2. The molecule has 2 amide bonds. The molecule has 0 radical (unpaired) electrons. The minimum Gasteiger partial charge on any atom is -0.504 e. The van der Waals surface area contributed by atoms with Gasteiger partial charge in [-0.2, -0.15) is 0 Å². The zero-order valence-corrected chi connectivity index (χ0v) is 23.8. The molecule has 0 aliphatic heterocycles. The maximum absolute atomic E-state index is 12.9. The van der Waals surface area contributed by atoms with Crippen LogP contribution in [0.1, 0.15) is 68.9 Å². The van der Waals surface area contributed by atoms with Gasteiger partial charge in [-0.3, -0.25) is 19.2 Å². The number of benzene rings is 1. The van der Waals surface area contributed by atoms with E-state index in [1.165, 1.54) is 0 Å². The molecule has 226 valence electrons. The van der Waals surface area contributed by atoms with Crippen molar-refractivity contribution >= 4 is 35.5 Å². The molecule has 2 fully saturated rings. The Kier molecular flexibility index (Phi) is 9.39. The highest BCUT2D eigenvalue weighted by Gasteiger charge is 2.55. The topological polar surface area (TPSA) is 220 Å². The van der Waals surface area contributed by atoms with Gasteiger partial charge in [-0.15, -0.1) is 11.8 Å². The Morgan fingerprint density at radius 1 is 1.15 bits per heavy atom. The summed E-state index contributed by atoms with van der Waals surface area (Å²) in [4.78, 5) is 47.8. The van der Waals surface area contributed by atoms with Crippen molar-refractivity contribution in [3.63, 3.8) is 0 Å². The molecule has 3 aliphatic carbocycles. The zero-order chi connectivity index (χ0) is 30.1. The minimum absolute atomic E-state index is 0.0805. The fourth-order valence-corrected chi connectivity index (χ4v) is 8.36. The van der Waals surface area contributed by atoms with Crippen LogP contribution < -0.4 is 16.4 Å². The Morgan fingerprint density at radius 3 is 2.56 bits per heavy atom. The first-order valence-corrected chi connectivity index (χ1v) is 15.0.